The van der Waals surface area contributed by atoms with E-state index in [1.165, 1.54) is 11.0 Å². The summed E-state index contributed by atoms with van der Waals surface area (Å²) in [5.41, 5.74) is 1.80. The summed E-state index contributed by atoms with van der Waals surface area (Å²) in [5.74, 6) is 0.363. The summed E-state index contributed by atoms with van der Waals surface area (Å²) in [7, 11) is 0. The van der Waals surface area contributed by atoms with E-state index in [0.717, 1.165) is 6.42 Å². The Bertz CT molecular complexity index is 1040. The number of imide groups is 1. The monoisotopic (exact) mass is 436 g/mol. The first-order valence-corrected chi connectivity index (χ1v) is 11.2. The zero-order chi connectivity index (χ0) is 22.8. The molecule has 0 bridgehead atoms. The smallest absolute Gasteiger partial charge is 0.278 e. The number of nitrogens with zero attached hydrogens (tertiary/aromatic N) is 2. The predicted octanol–water partition coefficient (Wildman–Crippen LogP) is 4.48. The van der Waals surface area contributed by atoms with E-state index in [-0.39, 0.29) is 18.4 Å². The first-order valence-electron chi connectivity index (χ1n) is 11.2. The minimum Gasteiger partial charge on any atom is -0.494 e. The van der Waals surface area contributed by atoms with Gasteiger partial charge in [-0.3, -0.25) is 14.5 Å². The van der Waals surface area contributed by atoms with Crippen molar-refractivity contribution in [2.45, 2.75) is 33.7 Å². The molecule has 0 aromatic heterocycles. The molecule has 2 atom stereocenters. The summed E-state index contributed by atoms with van der Waals surface area (Å²) in [6.45, 7) is 8.13. The Kier molecular flexibility index (Phi) is 6.31. The molecule has 0 N–H and O–H groups in total. The number of hydrogen-bond donors (Lipinski definition) is 0. The van der Waals surface area contributed by atoms with Crippen LogP contribution in [0.3, 0.4) is 0 Å². The van der Waals surface area contributed by atoms with Gasteiger partial charge in [-0.1, -0.05) is 44.2 Å². The van der Waals surface area contributed by atoms with E-state index < -0.39 is 5.82 Å². The van der Waals surface area contributed by atoms with Crippen LogP contribution in [0.2, 0.25) is 0 Å². The van der Waals surface area contributed by atoms with Crippen molar-refractivity contribution >= 4 is 17.4 Å². The Morgan fingerprint density at radius 1 is 0.969 bits per heavy atom. The molecule has 2 aromatic carbocycles. The molecule has 5 nitrogen and oxygen atoms in total. The zero-order valence-electron chi connectivity index (χ0n) is 18.8. The van der Waals surface area contributed by atoms with Gasteiger partial charge in [-0.15, -0.1) is 0 Å². The molecule has 0 saturated carbocycles. The van der Waals surface area contributed by atoms with Gasteiger partial charge in [-0.05, 0) is 48.9 Å². The maximum absolute atomic E-state index is 14.3. The molecule has 0 radical (unpaired) electrons. The molecule has 6 heteroatoms. The largest absolute Gasteiger partial charge is 0.494 e. The fourth-order valence-electron chi connectivity index (χ4n) is 4.79. The summed E-state index contributed by atoms with van der Waals surface area (Å²) in [6, 6.07) is 13.5. The average Bonchev–Trinajstić information content (AvgIpc) is 3.00. The van der Waals surface area contributed by atoms with Crippen molar-refractivity contribution in [1.82, 2.24) is 9.80 Å². The van der Waals surface area contributed by atoms with Gasteiger partial charge in [-0.25, -0.2) is 4.39 Å². The molecule has 2 aliphatic heterocycles. The number of hydrogen-bond acceptors (Lipinski definition) is 4. The zero-order valence-corrected chi connectivity index (χ0v) is 18.8. The quantitative estimate of drug-likeness (QED) is 0.627. The lowest BCUT2D eigenvalue weighted by Crippen LogP contribution is -2.41. The van der Waals surface area contributed by atoms with E-state index in [2.05, 4.69) is 13.8 Å². The molecule has 1 saturated heterocycles. The van der Waals surface area contributed by atoms with Gasteiger partial charge in [0.05, 0.1) is 18.7 Å². The van der Waals surface area contributed by atoms with Gasteiger partial charge in [0.25, 0.3) is 11.8 Å². The third kappa shape index (κ3) is 4.27. The Hall–Kier alpha value is -3.15. The Morgan fingerprint density at radius 2 is 1.62 bits per heavy atom. The second-order valence-electron chi connectivity index (χ2n) is 8.82. The van der Waals surface area contributed by atoms with E-state index in [9.17, 15) is 14.0 Å². The third-order valence-electron chi connectivity index (χ3n) is 6.07. The minimum atomic E-state index is -0.426. The number of ether oxygens (including phenoxy) is 1. The predicted molar refractivity (Wildman–Crippen MR) is 121 cm³/mol. The number of benzene rings is 2. The van der Waals surface area contributed by atoms with Crippen LogP contribution >= 0.6 is 0 Å². The van der Waals surface area contributed by atoms with Gasteiger partial charge in [-0.2, -0.15) is 0 Å². The molecule has 0 aliphatic carbocycles. The molecule has 2 aromatic rings. The van der Waals surface area contributed by atoms with Crippen molar-refractivity contribution in [2.24, 2.45) is 11.8 Å². The summed E-state index contributed by atoms with van der Waals surface area (Å²) >= 11 is 0. The lowest BCUT2D eigenvalue weighted by Gasteiger charge is -2.37. The Morgan fingerprint density at radius 3 is 2.25 bits per heavy atom. The van der Waals surface area contributed by atoms with Crippen LogP contribution in [0.25, 0.3) is 5.57 Å². The lowest BCUT2D eigenvalue weighted by atomic mass is 9.91. The van der Waals surface area contributed by atoms with Crippen LogP contribution in [-0.2, 0) is 16.1 Å². The van der Waals surface area contributed by atoms with Crippen LogP contribution in [0.15, 0.2) is 54.2 Å². The normalized spacial score (nSPS) is 21.5. The minimum absolute atomic E-state index is 0.0900. The number of likely N-dealkylation sites (tertiary alicyclic amines) is 1. The lowest BCUT2D eigenvalue weighted by molar-refractivity contribution is -0.138. The molecule has 168 valence electrons. The first-order chi connectivity index (χ1) is 15.4. The van der Waals surface area contributed by atoms with Gasteiger partial charge in [0.1, 0.15) is 17.3 Å². The van der Waals surface area contributed by atoms with Gasteiger partial charge >= 0.3 is 0 Å². The van der Waals surface area contributed by atoms with Crippen LogP contribution < -0.4 is 4.74 Å². The molecule has 2 amide bonds. The van der Waals surface area contributed by atoms with Crippen molar-refractivity contribution in [1.29, 1.82) is 0 Å². The second-order valence-corrected chi connectivity index (χ2v) is 8.82. The number of amides is 2. The highest BCUT2D eigenvalue weighted by Crippen LogP contribution is 2.36. The van der Waals surface area contributed by atoms with E-state index >= 15 is 0 Å². The third-order valence-corrected chi connectivity index (χ3v) is 6.07. The fraction of sp³-hybridized carbons (Fsp3) is 0.385. The molecular formula is C26H29FN2O3. The van der Waals surface area contributed by atoms with E-state index in [1.807, 2.05) is 36.1 Å². The van der Waals surface area contributed by atoms with Gasteiger partial charge < -0.3 is 9.64 Å². The molecule has 2 aliphatic rings. The standard InChI is InChI=1S/C26H29FN2O3/c1-4-32-21-11-9-19(10-12-21)23-24(28-14-17(2)13-18(3)15-28)26(31)29(25(23)30)16-20-7-5-6-8-22(20)27/h5-12,17-18H,4,13-16H2,1-3H3. The van der Waals surface area contributed by atoms with Crippen LogP contribution in [0, 0.1) is 17.7 Å². The summed E-state index contributed by atoms with van der Waals surface area (Å²) < 4.78 is 19.8. The molecule has 4 rings (SSSR count). The van der Waals surface area contributed by atoms with Crippen LogP contribution in [0.1, 0.15) is 38.3 Å². The number of piperidine rings is 1. The number of rotatable bonds is 6. The molecule has 1 fully saturated rings. The summed E-state index contributed by atoms with van der Waals surface area (Å²) in [6.07, 6.45) is 1.09. The number of carbonyl (C=O) groups is 2. The van der Waals surface area contributed by atoms with Crippen molar-refractivity contribution in [3.05, 3.63) is 71.2 Å². The van der Waals surface area contributed by atoms with Gasteiger partial charge in [0.15, 0.2) is 0 Å². The molecule has 0 spiro atoms. The van der Waals surface area contributed by atoms with Crippen molar-refractivity contribution < 1.29 is 18.7 Å². The molecule has 2 heterocycles. The summed E-state index contributed by atoms with van der Waals surface area (Å²) in [5, 5.41) is 0. The highest BCUT2D eigenvalue weighted by Gasteiger charge is 2.43. The van der Waals surface area contributed by atoms with Crippen molar-refractivity contribution in [3.63, 3.8) is 0 Å². The number of halogens is 1. The molecular weight excluding hydrogens is 407 g/mol. The van der Waals surface area contributed by atoms with Crippen molar-refractivity contribution in [2.75, 3.05) is 19.7 Å². The SMILES string of the molecule is CCOc1ccc(C2=C(N3CC(C)CC(C)C3)C(=O)N(Cc3ccccc3F)C2=O)cc1. The summed E-state index contributed by atoms with van der Waals surface area (Å²) in [4.78, 5) is 30.3. The topological polar surface area (TPSA) is 49.9 Å². The average molecular weight is 437 g/mol. The van der Waals surface area contributed by atoms with E-state index in [4.69, 9.17) is 4.74 Å². The van der Waals surface area contributed by atoms with E-state index in [1.54, 1.807) is 18.2 Å². The van der Waals surface area contributed by atoms with Crippen LogP contribution in [0.4, 0.5) is 4.39 Å². The number of carbonyl (C=O) groups excluding carboxylic acids is 2. The van der Waals surface area contributed by atoms with Crippen molar-refractivity contribution in [3.8, 4) is 5.75 Å². The maximum Gasteiger partial charge on any atom is 0.278 e. The Balaban J connectivity index is 1.74. The van der Waals surface area contributed by atoms with Crippen LogP contribution in [-0.4, -0.2) is 41.3 Å². The highest BCUT2D eigenvalue weighted by atomic mass is 19.1. The highest BCUT2D eigenvalue weighted by molar-refractivity contribution is 6.35. The fourth-order valence-corrected chi connectivity index (χ4v) is 4.79. The van der Waals surface area contributed by atoms with Crippen LogP contribution in [0.5, 0.6) is 5.75 Å². The van der Waals surface area contributed by atoms with Gasteiger partial charge in [0.2, 0.25) is 0 Å². The first kappa shape index (κ1) is 22.1. The maximum atomic E-state index is 14.3. The van der Waals surface area contributed by atoms with E-state index in [0.29, 0.717) is 59.7 Å². The second kappa shape index (κ2) is 9.15. The Labute approximate surface area is 188 Å². The van der Waals surface area contributed by atoms with Gasteiger partial charge in [0, 0.05) is 18.7 Å². The molecule has 32 heavy (non-hydrogen) atoms. The molecule has 2 unspecified atom stereocenters.